The Kier molecular flexibility index (Phi) is 4.21. The fraction of sp³-hybridized carbons (Fsp3) is 0.176. The number of halogens is 1. The third kappa shape index (κ3) is 3.00. The molecule has 1 heterocycles. The normalized spacial score (nSPS) is 15.9. The van der Waals surface area contributed by atoms with E-state index in [0.717, 1.165) is 11.3 Å². The van der Waals surface area contributed by atoms with Crippen molar-refractivity contribution in [1.29, 1.82) is 0 Å². The Morgan fingerprint density at radius 2 is 1.83 bits per heavy atom. The molecule has 0 aromatic heterocycles. The highest BCUT2D eigenvalue weighted by Gasteiger charge is 2.37. The molecule has 23 heavy (non-hydrogen) atoms. The summed E-state index contributed by atoms with van der Waals surface area (Å²) in [6.07, 6.45) is 0.504. The van der Waals surface area contributed by atoms with Crippen LogP contribution in [0.3, 0.4) is 0 Å². The summed E-state index contributed by atoms with van der Waals surface area (Å²) in [6.45, 7) is 0. The third-order valence-corrected chi connectivity index (χ3v) is 4.09. The first-order valence-electron chi connectivity index (χ1n) is 7.25. The highest BCUT2D eigenvalue weighted by Crippen LogP contribution is 2.32. The van der Waals surface area contributed by atoms with Crippen molar-refractivity contribution in [1.82, 2.24) is 5.32 Å². The van der Waals surface area contributed by atoms with Crippen LogP contribution >= 0.6 is 11.6 Å². The van der Waals surface area contributed by atoms with Crippen LogP contribution < -0.4 is 15.5 Å². The van der Waals surface area contributed by atoms with Crippen LogP contribution in [0.1, 0.15) is 5.56 Å². The lowest BCUT2D eigenvalue weighted by atomic mass is 10.1. The van der Waals surface area contributed by atoms with E-state index < -0.39 is 6.04 Å². The minimum Gasteiger partial charge on any atom is -0.357 e. The van der Waals surface area contributed by atoms with Gasteiger partial charge in [-0.1, -0.05) is 29.8 Å². The molecule has 2 aromatic rings. The van der Waals surface area contributed by atoms with Gasteiger partial charge in [-0.15, -0.1) is 0 Å². The first kappa shape index (κ1) is 15.4. The molecule has 6 heteroatoms. The lowest BCUT2D eigenvalue weighted by molar-refractivity contribution is -0.121. The molecule has 3 amide bonds. The fourth-order valence-corrected chi connectivity index (χ4v) is 2.86. The van der Waals surface area contributed by atoms with Gasteiger partial charge in [0.1, 0.15) is 6.04 Å². The number of para-hydroxylation sites is 1. The summed E-state index contributed by atoms with van der Waals surface area (Å²) >= 11 is 5.85. The molecular formula is C17H16ClN3O2. The summed E-state index contributed by atoms with van der Waals surface area (Å²) in [6, 6.07) is 13.5. The van der Waals surface area contributed by atoms with Gasteiger partial charge in [0, 0.05) is 29.9 Å². The number of likely N-dealkylation sites (N-methyl/N-ethyl adjacent to an activating group) is 1. The third-order valence-electron chi connectivity index (χ3n) is 3.84. The van der Waals surface area contributed by atoms with Gasteiger partial charge in [-0.3, -0.25) is 9.69 Å². The van der Waals surface area contributed by atoms with E-state index in [1.807, 2.05) is 24.3 Å². The Bertz CT molecular complexity index is 746. The number of amides is 3. The number of benzene rings is 2. The second-order valence-corrected chi connectivity index (χ2v) is 5.71. The summed E-state index contributed by atoms with van der Waals surface area (Å²) in [4.78, 5) is 26.3. The van der Waals surface area contributed by atoms with Gasteiger partial charge in [-0.05, 0) is 35.9 Å². The van der Waals surface area contributed by atoms with Crippen LogP contribution in [-0.2, 0) is 11.2 Å². The average molecular weight is 330 g/mol. The number of anilines is 2. The van der Waals surface area contributed by atoms with Crippen LogP contribution in [0, 0.1) is 0 Å². The van der Waals surface area contributed by atoms with Crippen molar-refractivity contribution in [3.05, 3.63) is 59.1 Å². The van der Waals surface area contributed by atoms with Gasteiger partial charge in [0.2, 0.25) is 5.91 Å². The molecule has 0 bridgehead atoms. The van der Waals surface area contributed by atoms with Crippen molar-refractivity contribution in [2.45, 2.75) is 12.5 Å². The smallest absolute Gasteiger partial charge is 0.327 e. The minimum atomic E-state index is -0.551. The predicted molar refractivity (Wildman–Crippen MR) is 91.0 cm³/mol. The van der Waals surface area contributed by atoms with E-state index in [-0.39, 0.29) is 11.9 Å². The summed E-state index contributed by atoms with van der Waals surface area (Å²) in [7, 11) is 1.57. The number of nitrogens with one attached hydrogen (secondary N) is 2. The van der Waals surface area contributed by atoms with Gasteiger partial charge in [0.25, 0.3) is 0 Å². The van der Waals surface area contributed by atoms with Crippen molar-refractivity contribution in [2.24, 2.45) is 0 Å². The van der Waals surface area contributed by atoms with E-state index in [4.69, 9.17) is 11.6 Å². The molecule has 0 aliphatic carbocycles. The zero-order valence-corrected chi connectivity index (χ0v) is 13.3. The molecule has 0 spiro atoms. The first-order valence-corrected chi connectivity index (χ1v) is 7.63. The Morgan fingerprint density at radius 3 is 2.52 bits per heavy atom. The number of carbonyl (C=O) groups excluding carboxylic acids is 2. The molecular weight excluding hydrogens is 314 g/mol. The molecule has 1 atom stereocenters. The molecule has 0 fully saturated rings. The second kappa shape index (κ2) is 6.30. The molecule has 118 valence electrons. The largest absolute Gasteiger partial charge is 0.357 e. The number of hydrogen-bond donors (Lipinski definition) is 2. The van der Waals surface area contributed by atoms with Crippen LogP contribution in [-0.4, -0.2) is 25.0 Å². The molecule has 0 saturated carbocycles. The van der Waals surface area contributed by atoms with E-state index in [2.05, 4.69) is 10.6 Å². The van der Waals surface area contributed by atoms with Crippen LogP contribution in [0.25, 0.3) is 0 Å². The Balaban J connectivity index is 1.89. The fourth-order valence-electron chi connectivity index (χ4n) is 2.73. The SMILES string of the molecule is CNC(=O)[C@H]1Cc2ccccc2N1C(=O)Nc1ccc(Cl)cc1. The van der Waals surface area contributed by atoms with E-state index in [9.17, 15) is 9.59 Å². The molecule has 1 aliphatic rings. The van der Waals surface area contributed by atoms with E-state index >= 15 is 0 Å². The molecule has 0 unspecified atom stereocenters. The van der Waals surface area contributed by atoms with Gasteiger partial charge in [0.15, 0.2) is 0 Å². The standard InChI is InChI=1S/C17H16ClN3O2/c1-19-16(22)15-10-11-4-2-3-5-14(11)21(15)17(23)20-13-8-6-12(18)7-9-13/h2-9,15H,10H2,1H3,(H,19,22)(H,20,23)/t15-/m1/s1. The monoisotopic (exact) mass is 329 g/mol. The van der Waals surface area contributed by atoms with Crippen molar-refractivity contribution in [2.75, 3.05) is 17.3 Å². The lowest BCUT2D eigenvalue weighted by Gasteiger charge is -2.24. The van der Waals surface area contributed by atoms with Gasteiger partial charge >= 0.3 is 6.03 Å². The van der Waals surface area contributed by atoms with Crippen LogP contribution in [0.4, 0.5) is 16.2 Å². The van der Waals surface area contributed by atoms with E-state index in [0.29, 0.717) is 17.1 Å². The zero-order chi connectivity index (χ0) is 16.4. The van der Waals surface area contributed by atoms with Gasteiger partial charge < -0.3 is 10.6 Å². The molecule has 0 radical (unpaired) electrons. The predicted octanol–water partition coefficient (Wildman–Crippen LogP) is 3.05. The van der Waals surface area contributed by atoms with Crippen LogP contribution in [0.15, 0.2) is 48.5 Å². The van der Waals surface area contributed by atoms with Gasteiger partial charge in [-0.25, -0.2) is 4.79 Å². The number of hydrogen-bond acceptors (Lipinski definition) is 2. The number of fused-ring (bicyclic) bond motifs is 1. The number of rotatable bonds is 2. The summed E-state index contributed by atoms with van der Waals surface area (Å²) in [5.74, 6) is -0.188. The molecule has 2 N–H and O–H groups in total. The van der Waals surface area contributed by atoms with Crippen LogP contribution in [0.2, 0.25) is 5.02 Å². The maximum atomic E-state index is 12.7. The molecule has 3 rings (SSSR count). The summed E-state index contributed by atoms with van der Waals surface area (Å²) < 4.78 is 0. The number of urea groups is 1. The molecule has 0 saturated heterocycles. The summed E-state index contributed by atoms with van der Waals surface area (Å²) in [5.41, 5.74) is 2.36. The molecule has 5 nitrogen and oxygen atoms in total. The van der Waals surface area contributed by atoms with Crippen molar-refractivity contribution in [3.63, 3.8) is 0 Å². The highest BCUT2D eigenvalue weighted by molar-refractivity contribution is 6.30. The minimum absolute atomic E-state index is 0.188. The topological polar surface area (TPSA) is 61.4 Å². The first-order chi connectivity index (χ1) is 11.1. The van der Waals surface area contributed by atoms with Crippen molar-refractivity contribution in [3.8, 4) is 0 Å². The Morgan fingerprint density at radius 1 is 1.13 bits per heavy atom. The zero-order valence-electron chi connectivity index (χ0n) is 12.5. The van der Waals surface area contributed by atoms with Crippen molar-refractivity contribution < 1.29 is 9.59 Å². The quantitative estimate of drug-likeness (QED) is 0.889. The highest BCUT2D eigenvalue weighted by atomic mass is 35.5. The van der Waals surface area contributed by atoms with Gasteiger partial charge in [-0.2, -0.15) is 0 Å². The molecule has 1 aliphatic heterocycles. The maximum absolute atomic E-state index is 12.7. The van der Waals surface area contributed by atoms with Crippen LogP contribution in [0.5, 0.6) is 0 Å². The maximum Gasteiger partial charge on any atom is 0.327 e. The average Bonchev–Trinajstić information content (AvgIpc) is 2.95. The van der Waals surface area contributed by atoms with Crippen molar-refractivity contribution >= 4 is 34.9 Å². The molecule has 2 aromatic carbocycles. The van der Waals surface area contributed by atoms with E-state index in [1.165, 1.54) is 4.90 Å². The Hall–Kier alpha value is -2.53. The summed E-state index contributed by atoms with van der Waals surface area (Å²) in [5, 5.41) is 6.02. The van der Waals surface area contributed by atoms with Gasteiger partial charge in [0.05, 0.1) is 0 Å². The second-order valence-electron chi connectivity index (χ2n) is 5.27. The number of carbonyl (C=O) groups is 2. The Labute approximate surface area is 139 Å². The lowest BCUT2D eigenvalue weighted by Crippen LogP contribution is -2.48. The van der Waals surface area contributed by atoms with E-state index in [1.54, 1.807) is 31.3 Å². The number of nitrogens with zero attached hydrogens (tertiary/aromatic N) is 1.